The molecule has 8 nitrogen and oxygen atoms in total. The summed E-state index contributed by atoms with van der Waals surface area (Å²) in [5, 5.41) is 10.9. The molecule has 2 amide bonds. The highest BCUT2D eigenvalue weighted by atomic mass is 35.5. The summed E-state index contributed by atoms with van der Waals surface area (Å²) in [4.78, 5) is 32.1. The highest BCUT2D eigenvalue weighted by Gasteiger charge is 2.36. The molecule has 1 aromatic heterocycles. The minimum absolute atomic E-state index is 0.0110. The van der Waals surface area contributed by atoms with Crippen molar-refractivity contribution in [3.63, 3.8) is 0 Å². The number of aromatic amines is 1. The van der Waals surface area contributed by atoms with Gasteiger partial charge in [-0.1, -0.05) is 23.7 Å². The highest BCUT2D eigenvalue weighted by molar-refractivity contribution is 8.18. The van der Waals surface area contributed by atoms with Crippen molar-refractivity contribution in [2.45, 2.75) is 57.9 Å². The standard InChI is InChI=1S/C29H29ClF3N5O3S/c1-28(2,3)41-27(40)35-20-5-4-10-38(15-20)26-36-25(39)24(42-26)21(16-7-9-23-18(11-16)14-34-37-23)12-17-6-8-19(30)13-22(17)29(31,32)33/h6-9,11,13-14,20H,4-5,10,12,15H2,1-3H3,(H,34,37)(H,35,40). The Balaban J connectivity index is 1.46. The molecule has 0 saturated carbocycles. The molecular weight excluding hydrogens is 591 g/mol. The second-order valence-electron chi connectivity index (χ2n) is 11.2. The van der Waals surface area contributed by atoms with Gasteiger partial charge in [-0.2, -0.15) is 23.3 Å². The van der Waals surface area contributed by atoms with Crippen molar-refractivity contribution in [1.82, 2.24) is 20.4 Å². The Morgan fingerprint density at radius 2 is 2.00 bits per heavy atom. The van der Waals surface area contributed by atoms with E-state index in [1.54, 1.807) is 45.2 Å². The lowest BCUT2D eigenvalue weighted by atomic mass is 9.93. The average Bonchev–Trinajstić information content (AvgIpc) is 3.52. The molecule has 1 unspecified atom stereocenters. The zero-order valence-electron chi connectivity index (χ0n) is 23.1. The number of halogens is 4. The van der Waals surface area contributed by atoms with Crippen molar-refractivity contribution in [2.24, 2.45) is 4.99 Å². The number of fused-ring (bicyclic) bond motifs is 1. The number of aromatic nitrogens is 2. The van der Waals surface area contributed by atoms with Crippen LogP contribution >= 0.6 is 23.4 Å². The second-order valence-corrected chi connectivity index (χ2v) is 12.6. The molecule has 0 bridgehead atoms. The Morgan fingerprint density at radius 3 is 2.74 bits per heavy atom. The fourth-order valence-corrected chi connectivity index (χ4v) is 6.19. The van der Waals surface area contributed by atoms with Crippen LogP contribution < -0.4 is 5.32 Å². The van der Waals surface area contributed by atoms with Crippen molar-refractivity contribution >= 4 is 57.0 Å². The van der Waals surface area contributed by atoms with Gasteiger partial charge < -0.3 is 15.0 Å². The molecule has 2 aromatic carbocycles. The molecule has 2 aliphatic heterocycles. The van der Waals surface area contributed by atoms with Crippen LogP contribution in [0.3, 0.4) is 0 Å². The monoisotopic (exact) mass is 619 g/mol. The van der Waals surface area contributed by atoms with E-state index >= 15 is 0 Å². The van der Waals surface area contributed by atoms with Crippen LogP contribution in [0, 0.1) is 0 Å². The van der Waals surface area contributed by atoms with Crippen molar-refractivity contribution in [3.05, 3.63) is 69.2 Å². The molecule has 1 atom stereocenters. The number of aliphatic imine (C=N–C) groups is 1. The fourth-order valence-electron chi connectivity index (χ4n) is 4.97. The van der Waals surface area contributed by atoms with E-state index in [-0.39, 0.29) is 28.0 Å². The van der Waals surface area contributed by atoms with Crippen LogP contribution in [-0.4, -0.2) is 57.0 Å². The Kier molecular flexibility index (Phi) is 8.30. The Bertz CT molecular complexity index is 1600. The number of rotatable bonds is 4. The molecule has 3 heterocycles. The van der Waals surface area contributed by atoms with E-state index in [9.17, 15) is 22.8 Å². The first-order valence-electron chi connectivity index (χ1n) is 13.3. The zero-order valence-corrected chi connectivity index (χ0v) is 24.7. The molecule has 42 heavy (non-hydrogen) atoms. The molecule has 1 fully saturated rings. The number of alkyl halides is 3. The number of nitrogens with one attached hydrogen (secondary N) is 2. The van der Waals surface area contributed by atoms with E-state index in [2.05, 4.69) is 20.5 Å². The van der Waals surface area contributed by atoms with Gasteiger partial charge in [0.15, 0.2) is 5.17 Å². The first-order valence-corrected chi connectivity index (χ1v) is 14.5. The molecule has 2 N–H and O–H groups in total. The number of thioether (sulfide) groups is 1. The van der Waals surface area contributed by atoms with Crippen LogP contribution in [0.15, 0.2) is 52.5 Å². The van der Waals surface area contributed by atoms with Gasteiger partial charge in [0.05, 0.1) is 22.2 Å². The van der Waals surface area contributed by atoms with Crippen molar-refractivity contribution in [3.8, 4) is 0 Å². The van der Waals surface area contributed by atoms with E-state index in [1.165, 1.54) is 12.1 Å². The number of amides is 2. The van der Waals surface area contributed by atoms with Crippen molar-refractivity contribution < 1.29 is 27.5 Å². The van der Waals surface area contributed by atoms with Crippen molar-refractivity contribution in [1.29, 1.82) is 0 Å². The molecule has 5 rings (SSSR count). The normalized spacial score (nSPS) is 19.2. The largest absolute Gasteiger partial charge is 0.444 e. The number of alkyl carbamates (subject to hydrolysis) is 1. The van der Waals surface area contributed by atoms with Crippen LogP contribution in [0.5, 0.6) is 0 Å². The zero-order chi connectivity index (χ0) is 30.2. The molecule has 222 valence electrons. The quantitative estimate of drug-likeness (QED) is 0.311. The molecule has 1 saturated heterocycles. The molecule has 0 spiro atoms. The van der Waals surface area contributed by atoms with Gasteiger partial charge >= 0.3 is 12.3 Å². The van der Waals surface area contributed by atoms with Gasteiger partial charge in [0, 0.05) is 29.5 Å². The number of carbonyl (C=O) groups is 2. The maximum absolute atomic E-state index is 14.0. The lowest BCUT2D eigenvalue weighted by molar-refractivity contribution is -0.138. The molecule has 0 aliphatic carbocycles. The molecule has 0 radical (unpaired) electrons. The Hall–Kier alpha value is -3.51. The summed E-state index contributed by atoms with van der Waals surface area (Å²) in [6, 6.07) is 8.74. The fraction of sp³-hybridized carbons (Fsp3) is 0.379. The minimum atomic E-state index is -4.64. The van der Waals surface area contributed by atoms with Gasteiger partial charge in [0.1, 0.15) is 5.60 Å². The smallest absolute Gasteiger partial charge is 0.416 e. The number of piperidine rings is 1. The summed E-state index contributed by atoms with van der Waals surface area (Å²) < 4.78 is 47.4. The number of benzene rings is 2. The third kappa shape index (κ3) is 6.92. The van der Waals surface area contributed by atoms with Crippen LogP contribution in [0.25, 0.3) is 16.5 Å². The summed E-state index contributed by atoms with van der Waals surface area (Å²) in [6.45, 7) is 6.38. The number of nitrogens with zero attached hydrogens (tertiary/aromatic N) is 3. The summed E-state index contributed by atoms with van der Waals surface area (Å²) in [7, 11) is 0. The van der Waals surface area contributed by atoms with Crippen molar-refractivity contribution in [2.75, 3.05) is 13.1 Å². The average molecular weight is 620 g/mol. The van der Waals surface area contributed by atoms with Crippen LogP contribution in [0.4, 0.5) is 18.0 Å². The number of H-pyrrole nitrogens is 1. The van der Waals surface area contributed by atoms with Gasteiger partial charge in [-0.05, 0) is 92.8 Å². The number of allylic oxidation sites excluding steroid dienone is 1. The van der Waals surface area contributed by atoms with E-state index in [0.29, 0.717) is 29.4 Å². The van der Waals surface area contributed by atoms with Gasteiger partial charge in [0.2, 0.25) is 0 Å². The summed E-state index contributed by atoms with van der Waals surface area (Å²) in [5.41, 5.74) is 0.249. The maximum atomic E-state index is 14.0. The van der Waals surface area contributed by atoms with Crippen LogP contribution in [0.2, 0.25) is 5.02 Å². The predicted molar refractivity (Wildman–Crippen MR) is 157 cm³/mol. The summed E-state index contributed by atoms with van der Waals surface area (Å²) >= 11 is 7.05. The first kappa shape index (κ1) is 30.0. The van der Waals surface area contributed by atoms with Gasteiger partial charge in [-0.25, -0.2) is 4.79 Å². The lowest BCUT2D eigenvalue weighted by Gasteiger charge is -2.34. The topological polar surface area (TPSA) is 99.7 Å². The van der Waals surface area contributed by atoms with Gasteiger partial charge in [0.25, 0.3) is 5.91 Å². The number of likely N-dealkylation sites (tertiary alicyclic amines) is 1. The number of hydrogen-bond acceptors (Lipinski definition) is 6. The maximum Gasteiger partial charge on any atom is 0.416 e. The van der Waals surface area contributed by atoms with Gasteiger partial charge in [-0.15, -0.1) is 0 Å². The third-order valence-electron chi connectivity index (χ3n) is 6.80. The van der Waals surface area contributed by atoms with E-state index < -0.39 is 29.3 Å². The molecule has 13 heteroatoms. The number of hydrogen-bond donors (Lipinski definition) is 2. The Morgan fingerprint density at radius 1 is 1.21 bits per heavy atom. The molecule has 2 aliphatic rings. The third-order valence-corrected chi connectivity index (χ3v) is 8.20. The lowest BCUT2D eigenvalue weighted by Crippen LogP contribution is -2.49. The molecular formula is C29H29ClF3N5O3S. The molecule has 3 aromatic rings. The highest BCUT2D eigenvalue weighted by Crippen LogP contribution is 2.41. The summed E-state index contributed by atoms with van der Waals surface area (Å²) in [6.07, 6.45) is -2.24. The number of carbonyl (C=O) groups excluding carboxylic acids is 2. The predicted octanol–water partition coefficient (Wildman–Crippen LogP) is 6.81. The van der Waals surface area contributed by atoms with Gasteiger partial charge in [-0.3, -0.25) is 9.89 Å². The second kappa shape index (κ2) is 11.6. The van der Waals surface area contributed by atoms with E-state index in [1.807, 2.05) is 4.90 Å². The SMILES string of the molecule is CC(C)(C)OC(=O)NC1CCCN(C2=NC(=O)C(=C(Cc3ccc(Cl)cc3C(F)(F)F)c3ccc4[nH]ncc4c3)S2)C1. The van der Waals surface area contributed by atoms with Crippen LogP contribution in [0.1, 0.15) is 50.3 Å². The number of amidine groups is 1. The van der Waals surface area contributed by atoms with E-state index in [0.717, 1.165) is 41.6 Å². The van der Waals surface area contributed by atoms with E-state index in [4.69, 9.17) is 16.3 Å². The summed E-state index contributed by atoms with van der Waals surface area (Å²) in [5.74, 6) is -0.526. The van der Waals surface area contributed by atoms with Crippen LogP contribution in [-0.2, 0) is 22.1 Å². The minimum Gasteiger partial charge on any atom is -0.444 e. The number of ether oxygens (including phenoxy) is 1. The first-order chi connectivity index (χ1) is 19.8. The Labute approximate surface area is 249 Å².